The monoisotopic (exact) mass is 341 g/mol. The molecule has 2 heterocycles. The topological polar surface area (TPSA) is 46.5 Å². The zero-order valence-corrected chi connectivity index (χ0v) is 15.3. The van der Waals surface area contributed by atoms with Gasteiger partial charge in [0.1, 0.15) is 0 Å². The lowest BCUT2D eigenvalue weighted by molar-refractivity contribution is -0.0175. The van der Waals surface area contributed by atoms with Crippen molar-refractivity contribution in [3.05, 3.63) is 58.9 Å². The van der Waals surface area contributed by atoms with E-state index in [9.17, 15) is 4.79 Å². The third-order valence-electron chi connectivity index (χ3n) is 4.83. The van der Waals surface area contributed by atoms with Crippen LogP contribution in [0.2, 0.25) is 0 Å². The van der Waals surface area contributed by atoms with Crippen LogP contribution in [0.4, 0.5) is 0 Å². The zero-order chi connectivity index (χ0) is 17.8. The fraction of sp³-hybridized carbons (Fsp3) is 0.450. The molecular weight excluding hydrogens is 314 g/mol. The Bertz CT molecular complexity index is 724. The molecule has 1 amide bonds. The molecule has 0 bridgehead atoms. The first-order valence-corrected chi connectivity index (χ1v) is 8.83. The minimum Gasteiger partial charge on any atom is -0.374 e. The maximum absolute atomic E-state index is 12.6. The number of rotatable bonds is 5. The molecule has 0 saturated carbocycles. The molecule has 0 spiro atoms. The Morgan fingerprint density at radius 2 is 2.04 bits per heavy atom. The predicted octanol–water partition coefficient (Wildman–Crippen LogP) is 2.21. The summed E-state index contributed by atoms with van der Waals surface area (Å²) in [6, 6.07) is 12.3. The van der Waals surface area contributed by atoms with Crippen molar-refractivity contribution in [3.8, 4) is 0 Å². The van der Waals surface area contributed by atoms with E-state index in [-0.39, 0.29) is 12.0 Å². The maximum atomic E-state index is 12.6. The number of morpholine rings is 1. The van der Waals surface area contributed by atoms with Gasteiger partial charge < -0.3 is 19.5 Å². The molecule has 1 fully saturated rings. The minimum absolute atomic E-state index is 0.0239. The molecule has 1 aliphatic heterocycles. The molecule has 1 aliphatic rings. The number of nitrogens with zero attached hydrogens (tertiary/aromatic N) is 2. The van der Waals surface area contributed by atoms with E-state index in [1.165, 1.54) is 5.56 Å². The Kier molecular flexibility index (Phi) is 5.56. The van der Waals surface area contributed by atoms with Gasteiger partial charge in [0.05, 0.1) is 18.3 Å². The molecule has 0 radical (unpaired) electrons. The van der Waals surface area contributed by atoms with Crippen LogP contribution in [0.15, 0.2) is 36.4 Å². The van der Waals surface area contributed by atoms with Crippen LogP contribution in [-0.4, -0.2) is 54.8 Å². The summed E-state index contributed by atoms with van der Waals surface area (Å²) in [5, 5.41) is 3.03. The summed E-state index contributed by atoms with van der Waals surface area (Å²) < 4.78 is 7.90. The number of ether oxygens (including phenoxy) is 1. The molecule has 1 unspecified atom stereocenters. The van der Waals surface area contributed by atoms with Crippen LogP contribution in [0.3, 0.4) is 0 Å². The summed E-state index contributed by atoms with van der Waals surface area (Å²) in [7, 11) is 2.08. The maximum Gasteiger partial charge on any atom is 0.253 e. The second kappa shape index (κ2) is 7.85. The number of nitrogens with one attached hydrogen (secondary N) is 1. The number of benzene rings is 1. The fourth-order valence-corrected chi connectivity index (χ4v) is 3.33. The van der Waals surface area contributed by atoms with Gasteiger partial charge in [-0.15, -0.1) is 0 Å². The number of hydrogen-bond acceptors (Lipinski definition) is 3. The van der Waals surface area contributed by atoms with E-state index in [0.29, 0.717) is 6.54 Å². The van der Waals surface area contributed by atoms with Crippen molar-refractivity contribution in [1.82, 2.24) is 14.8 Å². The number of aryl methyl sites for hydroxylation is 1. The van der Waals surface area contributed by atoms with Gasteiger partial charge in [-0.3, -0.25) is 4.79 Å². The minimum atomic E-state index is -0.0239. The molecule has 1 atom stereocenters. The lowest BCUT2D eigenvalue weighted by Gasteiger charge is -2.30. The van der Waals surface area contributed by atoms with Gasteiger partial charge in [0.15, 0.2) is 0 Å². The summed E-state index contributed by atoms with van der Waals surface area (Å²) in [6.45, 7) is 7.91. The molecular formula is C20H27N3O2. The highest BCUT2D eigenvalue weighted by Gasteiger charge is 2.20. The average Bonchev–Trinajstić information content (AvgIpc) is 2.89. The Hall–Kier alpha value is -2.11. The summed E-state index contributed by atoms with van der Waals surface area (Å²) in [6.07, 6.45) is 0.0653. The van der Waals surface area contributed by atoms with Crippen molar-refractivity contribution in [2.45, 2.75) is 26.5 Å². The van der Waals surface area contributed by atoms with Crippen LogP contribution in [0.25, 0.3) is 0 Å². The van der Waals surface area contributed by atoms with E-state index < -0.39 is 0 Å². The third-order valence-corrected chi connectivity index (χ3v) is 4.83. The number of amides is 1. The van der Waals surface area contributed by atoms with Crippen molar-refractivity contribution in [1.29, 1.82) is 0 Å². The number of aromatic nitrogens is 1. The third kappa shape index (κ3) is 4.30. The van der Waals surface area contributed by atoms with Gasteiger partial charge >= 0.3 is 0 Å². The van der Waals surface area contributed by atoms with E-state index in [1.54, 1.807) is 0 Å². The molecule has 0 aliphatic carbocycles. The quantitative estimate of drug-likeness (QED) is 0.907. The lowest BCUT2D eigenvalue weighted by Crippen LogP contribution is -2.45. The Morgan fingerprint density at radius 3 is 2.76 bits per heavy atom. The van der Waals surface area contributed by atoms with Gasteiger partial charge in [-0.25, -0.2) is 0 Å². The van der Waals surface area contributed by atoms with E-state index in [2.05, 4.69) is 34.0 Å². The molecule has 134 valence electrons. The van der Waals surface area contributed by atoms with E-state index >= 15 is 0 Å². The largest absolute Gasteiger partial charge is 0.374 e. The van der Waals surface area contributed by atoms with Crippen molar-refractivity contribution in [2.24, 2.45) is 0 Å². The van der Waals surface area contributed by atoms with Crippen molar-refractivity contribution in [2.75, 3.05) is 33.3 Å². The predicted molar refractivity (Wildman–Crippen MR) is 99.0 cm³/mol. The van der Waals surface area contributed by atoms with Crippen molar-refractivity contribution in [3.63, 3.8) is 0 Å². The molecule has 25 heavy (non-hydrogen) atoms. The second-order valence-corrected chi connectivity index (χ2v) is 6.82. The highest BCUT2D eigenvalue weighted by molar-refractivity contribution is 5.95. The summed E-state index contributed by atoms with van der Waals surface area (Å²) in [5.74, 6) is -0.0239. The van der Waals surface area contributed by atoms with Crippen LogP contribution in [-0.2, 0) is 11.3 Å². The van der Waals surface area contributed by atoms with Crippen LogP contribution in [0.5, 0.6) is 0 Å². The Labute approximate surface area is 149 Å². The molecule has 3 rings (SSSR count). The van der Waals surface area contributed by atoms with Gasteiger partial charge in [0.25, 0.3) is 5.91 Å². The number of carbonyl (C=O) groups is 1. The fourth-order valence-electron chi connectivity index (χ4n) is 3.33. The number of likely N-dealkylation sites (N-methyl/N-ethyl adjacent to an activating group) is 1. The number of hydrogen-bond donors (Lipinski definition) is 1. The first kappa shape index (κ1) is 17.7. The zero-order valence-electron chi connectivity index (χ0n) is 15.3. The normalized spacial score (nSPS) is 18.3. The lowest BCUT2D eigenvalue weighted by atomic mass is 10.2. The molecule has 2 aromatic rings. The van der Waals surface area contributed by atoms with Crippen LogP contribution in [0.1, 0.15) is 27.3 Å². The molecule has 1 saturated heterocycles. The van der Waals surface area contributed by atoms with E-state index in [0.717, 1.165) is 43.2 Å². The van der Waals surface area contributed by atoms with Crippen LogP contribution >= 0.6 is 0 Å². The standard InChI is InChI=1S/C20H27N3O2/c1-15-11-19(16(2)23(15)13-17-7-5-4-6-8-17)20(24)21-12-18-14-22(3)9-10-25-18/h4-8,11,18H,9-10,12-14H2,1-3H3,(H,21,24). The first-order valence-electron chi connectivity index (χ1n) is 8.83. The highest BCUT2D eigenvalue weighted by Crippen LogP contribution is 2.17. The molecule has 1 N–H and O–H groups in total. The summed E-state index contributed by atoms with van der Waals surface area (Å²) >= 11 is 0. The Morgan fingerprint density at radius 1 is 1.28 bits per heavy atom. The number of carbonyl (C=O) groups excluding carboxylic acids is 1. The van der Waals surface area contributed by atoms with Crippen molar-refractivity contribution < 1.29 is 9.53 Å². The van der Waals surface area contributed by atoms with Crippen LogP contribution in [0, 0.1) is 13.8 Å². The van der Waals surface area contributed by atoms with Gasteiger partial charge in [-0.2, -0.15) is 0 Å². The summed E-state index contributed by atoms with van der Waals surface area (Å²) in [4.78, 5) is 14.8. The van der Waals surface area contributed by atoms with Gasteiger partial charge in [0, 0.05) is 37.6 Å². The molecule has 5 heteroatoms. The smallest absolute Gasteiger partial charge is 0.253 e. The Balaban J connectivity index is 1.66. The van der Waals surface area contributed by atoms with Crippen LogP contribution < -0.4 is 5.32 Å². The highest BCUT2D eigenvalue weighted by atomic mass is 16.5. The second-order valence-electron chi connectivity index (χ2n) is 6.82. The van der Waals surface area contributed by atoms with Gasteiger partial charge in [-0.05, 0) is 32.5 Å². The summed E-state index contributed by atoms with van der Waals surface area (Å²) in [5.41, 5.74) is 4.08. The van der Waals surface area contributed by atoms with E-state index in [4.69, 9.17) is 4.74 Å². The molecule has 1 aromatic carbocycles. The molecule has 1 aromatic heterocycles. The van der Waals surface area contributed by atoms with E-state index in [1.807, 2.05) is 38.1 Å². The van der Waals surface area contributed by atoms with Crippen molar-refractivity contribution >= 4 is 5.91 Å². The average molecular weight is 341 g/mol. The first-order chi connectivity index (χ1) is 12.0. The SMILES string of the molecule is Cc1cc(C(=O)NCC2CN(C)CCO2)c(C)n1Cc1ccccc1. The molecule has 5 nitrogen and oxygen atoms in total. The van der Waals surface area contributed by atoms with Gasteiger partial charge in [-0.1, -0.05) is 30.3 Å². The van der Waals surface area contributed by atoms with Gasteiger partial charge in [0.2, 0.25) is 0 Å².